The number of anilines is 2. The van der Waals surface area contributed by atoms with Gasteiger partial charge in [-0.2, -0.15) is 10.1 Å². The van der Waals surface area contributed by atoms with Gasteiger partial charge in [-0.25, -0.2) is 4.98 Å². The zero-order chi connectivity index (χ0) is 18.4. The van der Waals surface area contributed by atoms with E-state index in [-0.39, 0.29) is 5.28 Å². The second-order valence-corrected chi connectivity index (χ2v) is 7.41. The van der Waals surface area contributed by atoms with Crippen molar-refractivity contribution in [2.75, 3.05) is 5.32 Å². The molecule has 0 unspecified atom stereocenters. The summed E-state index contributed by atoms with van der Waals surface area (Å²) in [6.07, 6.45) is 2.43. The average molecular weight is 396 g/mol. The van der Waals surface area contributed by atoms with Crippen molar-refractivity contribution < 1.29 is 0 Å². The van der Waals surface area contributed by atoms with Gasteiger partial charge in [0, 0.05) is 33.7 Å². The predicted molar refractivity (Wildman–Crippen MR) is 109 cm³/mol. The highest BCUT2D eigenvalue weighted by Crippen LogP contribution is 2.40. The number of aromatic nitrogens is 4. The number of hydrogen-bond acceptors (Lipinski definition) is 4. The Morgan fingerprint density at radius 1 is 1.00 bits per heavy atom. The van der Waals surface area contributed by atoms with Gasteiger partial charge in [-0.3, -0.25) is 5.10 Å². The van der Waals surface area contributed by atoms with Crippen molar-refractivity contribution in [3.8, 4) is 11.1 Å². The molecule has 0 spiro atoms. The number of H-pyrrole nitrogens is 1. The molecule has 2 heterocycles. The number of aromatic amines is 1. The minimum absolute atomic E-state index is 0.188. The smallest absolute Gasteiger partial charge is 0.224 e. The largest absolute Gasteiger partial charge is 0.323 e. The Balaban J connectivity index is 1.59. The van der Waals surface area contributed by atoms with Gasteiger partial charge in [0.15, 0.2) is 5.82 Å². The number of hydrogen-bond donors (Lipinski definition) is 2. The maximum absolute atomic E-state index is 6.36. The van der Waals surface area contributed by atoms with Crippen molar-refractivity contribution >= 4 is 45.7 Å². The molecule has 4 aromatic rings. The van der Waals surface area contributed by atoms with E-state index < -0.39 is 0 Å². The van der Waals surface area contributed by atoms with Gasteiger partial charge in [-0.15, -0.1) is 0 Å². The Labute approximate surface area is 165 Å². The number of nitrogens with zero attached hydrogens (tertiary/aromatic N) is 3. The van der Waals surface area contributed by atoms with Crippen LogP contribution >= 0.6 is 23.2 Å². The van der Waals surface area contributed by atoms with E-state index in [4.69, 9.17) is 23.2 Å². The second-order valence-electron chi connectivity index (χ2n) is 6.66. The molecule has 1 aliphatic rings. The quantitative estimate of drug-likeness (QED) is 0.419. The molecule has 2 aromatic carbocycles. The number of rotatable bonds is 4. The van der Waals surface area contributed by atoms with Crippen LogP contribution in [-0.4, -0.2) is 20.2 Å². The fourth-order valence-corrected chi connectivity index (χ4v) is 3.60. The number of fused-ring (bicyclic) bond motifs is 1. The first-order chi connectivity index (χ1) is 13.2. The highest BCUT2D eigenvalue weighted by Gasteiger charge is 2.25. The van der Waals surface area contributed by atoms with Crippen molar-refractivity contribution in [2.45, 2.75) is 18.8 Å². The lowest BCUT2D eigenvalue weighted by Crippen LogP contribution is -1.98. The summed E-state index contributed by atoms with van der Waals surface area (Å²) in [6.45, 7) is 0. The maximum atomic E-state index is 6.36. The van der Waals surface area contributed by atoms with E-state index in [1.807, 2.05) is 48.5 Å². The number of halogens is 2. The molecule has 27 heavy (non-hydrogen) atoms. The fourth-order valence-electron chi connectivity index (χ4n) is 3.18. The van der Waals surface area contributed by atoms with Crippen LogP contribution in [0.3, 0.4) is 0 Å². The molecule has 0 atom stereocenters. The topological polar surface area (TPSA) is 66.5 Å². The molecule has 2 N–H and O–H groups in total. The van der Waals surface area contributed by atoms with Crippen molar-refractivity contribution in [1.82, 2.24) is 20.2 Å². The van der Waals surface area contributed by atoms with Gasteiger partial charge in [-0.1, -0.05) is 35.9 Å². The molecule has 0 bridgehead atoms. The molecule has 5 rings (SSSR count). The predicted octanol–water partition coefficient (Wildman–Crippen LogP) is 5.95. The maximum Gasteiger partial charge on any atom is 0.224 e. The lowest BCUT2D eigenvalue weighted by molar-refractivity contribution is 0.966. The van der Waals surface area contributed by atoms with Crippen molar-refractivity contribution in [2.24, 2.45) is 0 Å². The minimum Gasteiger partial charge on any atom is -0.323 e. The van der Waals surface area contributed by atoms with Gasteiger partial charge in [0.1, 0.15) is 5.82 Å². The highest BCUT2D eigenvalue weighted by molar-refractivity contribution is 6.33. The summed E-state index contributed by atoms with van der Waals surface area (Å²) in [6, 6.07) is 15.7. The van der Waals surface area contributed by atoms with E-state index in [9.17, 15) is 0 Å². The summed E-state index contributed by atoms with van der Waals surface area (Å²) >= 11 is 12.5. The Hall–Kier alpha value is -2.63. The zero-order valence-electron chi connectivity index (χ0n) is 14.2. The first kappa shape index (κ1) is 16.5. The molecule has 134 valence electrons. The van der Waals surface area contributed by atoms with Crippen LogP contribution in [0.2, 0.25) is 10.3 Å². The minimum atomic E-state index is 0.188. The monoisotopic (exact) mass is 395 g/mol. The molecular weight excluding hydrogens is 381 g/mol. The second kappa shape index (κ2) is 6.51. The summed E-state index contributed by atoms with van der Waals surface area (Å²) < 4.78 is 0. The highest BCUT2D eigenvalue weighted by atomic mass is 35.5. The molecule has 0 radical (unpaired) electrons. The Morgan fingerprint density at radius 2 is 1.85 bits per heavy atom. The van der Waals surface area contributed by atoms with Crippen molar-refractivity contribution in [1.29, 1.82) is 0 Å². The van der Waals surface area contributed by atoms with Crippen LogP contribution < -0.4 is 5.32 Å². The Morgan fingerprint density at radius 3 is 2.67 bits per heavy atom. The van der Waals surface area contributed by atoms with E-state index in [0.717, 1.165) is 33.5 Å². The Bertz CT molecular complexity index is 1150. The third kappa shape index (κ3) is 3.24. The van der Waals surface area contributed by atoms with E-state index in [2.05, 4.69) is 25.5 Å². The van der Waals surface area contributed by atoms with Gasteiger partial charge in [0.2, 0.25) is 5.28 Å². The number of benzene rings is 2. The van der Waals surface area contributed by atoms with E-state index in [1.54, 1.807) is 0 Å². The molecule has 1 fully saturated rings. The standard InChI is InChI=1S/C20H15Cl2N5/c21-15-4-2-1-3-13(15)12-7-8-16-14(9-12)19(25-20(22)23-16)24-18-10-17(26-27-18)11-5-6-11/h1-4,7-11H,5-6H2,(H2,23,24,25,26,27). The molecule has 0 amide bonds. The van der Waals surface area contributed by atoms with Crippen LogP contribution in [-0.2, 0) is 0 Å². The molecule has 1 saturated carbocycles. The molecule has 0 saturated heterocycles. The summed E-state index contributed by atoms with van der Waals surface area (Å²) in [4.78, 5) is 8.71. The zero-order valence-corrected chi connectivity index (χ0v) is 15.7. The molecule has 5 nitrogen and oxygen atoms in total. The summed E-state index contributed by atoms with van der Waals surface area (Å²) in [5.41, 5.74) is 3.85. The SMILES string of the molecule is Clc1nc(Nc2cc(C3CC3)[nH]n2)c2cc(-c3ccccc3Cl)ccc2n1. The summed E-state index contributed by atoms with van der Waals surface area (Å²) in [7, 11) is 0. The van der Waals surface area contributed by atoms with Gasteiger partial charge in [0.05, 0.1) is 5.52 Å². The number of nitrogens with one attached hydrogen (secondary N) is 2. The summed E-state index contributed by atoms with van der Waals surface area (Å²) in [5, 5.41) is 12.4. The van der Waals surface area contributed by atoms with Crippen LogP contribution in [0.15, 0.2) is 48.5 Å². The van der Waals surface area contributed by atoms with Gasteiger partial charge in [-0.05, 0) is 48.2 Å². The van der Waals surface area contributed by atoms with Crippen molar-refractivity contribution in [3.05, 3.63) is 64.5 Å². The molecular formula is C20H15Cl2N5. The van der Waals surface area contributed by atoms with Crippen LogP contribution in [0, 0.1) is 0 Å². The van der Waals surface area contributed by atoms with Gasteiger partial charge < -0.3 is 5.32 Å². The van der Waals surface area contributed by atoms with Crippen LogP contribution in [0.5, 0.6) is 0 Å². The third-order valence-electron chi connectivity index (χ3n) is 4.71. The lowest BCUT2D eigenvalue weighted by atomic mass is 10.0. The average Bonchev–Trinajstić information content (AvgIpc) is 3.41. The normalized spacial score (nSPS) is 13.9. The lowest BCUT2D eigenvalue weighted by Gasteiger charge is -2.10. The van der Waals surface area contributed by atoms with E-state index in [1.165, 1.54) is 12.8 Å². The van der Waals surface area contributed by atoms with Crippen LogP contribution in [0.1, 0.15) is 24.5 Å². The van der Waals surface area contributed by atoms with Crippen LogP contribution in [0.25, 0.3) is 22.0 Å². The first-order valence-corrected chi connectivity index (χ1v) is 9.47. The first-order valence-electron chi connectivity index (χ1n) is 8.72. The molecule has 2 aromatic heterocycles. The molecule has 0 aliphatic heterocycles. The Kier molecular flexibility index (Phi) is 3.99. The van der Waals surface area contributed by atoms with Crippen LogP contribution in [0.4, 0.5) is 11.6 Å². The molecule has 1 aliphatic carbocycles. The fraction of sp³-hybridized carbons (Fsp3) is 0.150. The molecule has 7 heteroatoms. The summed E-state index contributed by atoms with van der Waals surface area (Å²) in [5.74, 6) is 1.94. The van der Waals surface area contributed by atoms with Gasteiger partial charge in [0.25, 0.3) is 0 Å². The third-order valence-corrected chi connectivity index (χ3v) is 5.21. The van der Waals surface area contributed by atoms with E-state index in [0.29, 0.717) is 16.8 Å². The van der Waals surface area contributed by atoms with E-state index >= 15 is 0 Å². The van der Waals surface area contributed by atoms with Crippen molar-refractivity contribution in [3.63, 3.8) is 0 Å². The van der Waals surface area contributed by atoms with Gasteiger partial charge >= 0.3 is 0 Å².